The molecule has 2 heterocycles. The van der Waals surface area contributed by atoms with Crippen molar-refractivity contribution >= 4 is 17.7 Å². The van der Waals surface area contributed by atoms with Gasteiger partial charge in [-0.05, 0) is 31.9 Å². The topological polar surface area (TPSA) is 70.2 Å². The van der Waals surface area contributed by atoms with Crippen molar-refractivity contribution in [3.05, 3.63) is 29.8 Å². The minimum atomic E-state index is -0.0402. The summed E-state index contributed by atoms with van der Waals surface area (Å²) < 4.78 is 5.58. The fourth-order valence-corrected chi connectivity index (χ4v) is 3.75. The van der Waals surface area contributed by atoms with Crippen LogP contribution in [0.1, 0.15) is 25.3 Å². The Balaban J connectivity index is 1.41. The highest BCUT2D eigenvalue weighted by Gasteiger charge is 2.32. The second-order valence-electron chi connectivity index (χ2n) is 7.59. The first-order valence-corrected chi connectivity index (χ1v) is 9.95. The van der Waals surface area contributed by atoms with Crippen LogP contribution in [0.25, 0.3) is 0 Å². The smallest absolute Gasteiger partial charge is 0.260 e. The summed E-state index contributed by atoms with van der Waals surface area (Å²) in [6.45, 7) is 7.16. The summed E-state index contributed by atoms with van der Waals surface area (Å²) in [5.74, 6) is 0.833. The van der Waals surface area contributed by atoms with Gasteiger partial charge in [0.2, 0.25) is 11.8 Å². The molecule has 0 unspecified atom stereocenters. The number of piperazine rings is 1. The van der Waals surface area contributed by atoms with Gasteiger partial charge in [0.25, 0.3) is 5.91 Å². The Morgan fingerprint density at radius 1 is 0.893 bits per heavy atom. The molecule has 0 spiro atoms. The molecule has 1 aromatic rings. The van der Waals surface area contributed by atoms with Gasteiger partial charge in [0, 0.05) is 52.1 Å². The van der Waals surface area contributed by atoms with E-state index in [1.54, 1.807) is 16.7 Å². The molecule has 7 heteroatoms. The summed E-state index contributed by atoms with van der Waals surface area (Å²) in [6, 6.07) is 7.62. The highest BCUT2D eigenvalue weighted by atomic mass is 16.5. The molecule has 2 fully saturated rings. The number of aryl methyl sites for hydroxylation is 1. The van der Waals surface area contributed by atoms with E-state index in [0.29, 0.717) is 57.9 Å². The summed E-state index contributed by atoms with van der Waals surface area (Å²) in [6.07, 6.45) is 1.37. The molecule has 0 radical (unpaired) electrons. The number of carbonyl (C=O) groups is 3. The van der Waals surface area contributed by atoms with Gasteiger partial charge >= 0.3 is 0 Å². The van der Waals surface area contributed by atoms with E-state index in [4.69, 9.17) is 4.74 Å². The van der Waals surface area contributed by atoms with Crippen LogP contribution >= 0.6 is 0 Å². The second kappa shape index (κ2) is 9.08. The average molecular weight is 387 g/mol. The molecule has 0 aliphatic carbocycles. The number of ether oxygens (including phenoxy) is 1. The molecule has 3 amide bonds. The number of amides is 3. The van der Waals surface area contributed by atoms with Gasteiger partial charge in [0.1, 0.15) is 5.75 Å². The van der Waals surface area contributed by atoms with Crippen LogP contribution in [0, 0.1) is 12.8 Å². The van der Waals surface area contributed by atoms with Crippen molar-refractivity contribution in [3.63, 3.8) is 0 Å². The molecule has 152 valence electrons. The van der Waals surface area contributed by atoms with Gasteiger partial charge in [-0.15, -0.1) is 0 Å². The maximum atomic E-state index is 12.7. The van der Waals surface area contributed by atoms with Crippen LogP contribution in [-0.4, -0.2) is 78.3 Å². The van der Waals surface area contributed by atoms with Gasteiger partial charge in [-0.3, -0.25) is 14.4 Å². The number of rotatable bonds is 4. The van der Waals surface area contributed by atoms with E-state index >= 15 is 0 Å². The maximum absolute atomic E-state index is 12.7. The number of nitrogens with zero attached hydrogens (tertiary/aromatic N) is 3. The molecule has 1 aromatic carbocycles. The Bertz CT molecular complexity index is 703. The number of piperidine rings is 1. The van der Waals surface area contributed by atoms with Crippen LogP contribution in [0.5, 0.6) is 5.75 Å². The van der Waals surface area contributed by atoms with Crippen molar-refractivity contribution in [1.82, 2.24) is 14.7 Å². The van der Waals surface area contributed by atoms with Crippen LogP contribution in [0.2, 0.25) is 0 Å². The van der Waals surface area contributed by atoms with E-state index in [9.17, 15) is 14.4 Å². The number of hydrogen-bond acceptors (Lipinski definition) is 4. The summed E-state index contributed by atoms with van der Waals surface area (Å²) in [7, 11) is 0. The van der Waals surface area contributed by atoms with E-state index in [1.165, 1.54) is 0 Å². The van der Waals surface area contributed by atoms with Gasteiger partial charge in [-0.2, -0.15) is 0 Å². The molecule has 2 aliphatic rings. The molecule has 0 saturated carbocycles. The van der Waals surface area contributed by atoms with Gasteiger partial charge < -0.3 is 19.4 Å². The van der Waals surface area contributed by atoms with E-state index in [-0.39, 0.29) is 30.2 Å². The van der Waals surface area contributed by atoms with Crippen molar-refractivity contribution in [3.8, 4) is 5.75 Å². The first-order valence-electron chi connectivity index (χ1n) is 9.95. The summed E-state index contributed by atoms with van der Waals surface area (Å²) in [5, 5.41) is 0. The molecule has 0 aromatic heterocycles. The molecule has 2 aliphatic heterocycles. The van der Waals surface area contributed by atoms with Crippen molar-refractivity contribution < 1.29 is 19.1 Å². The van der Waals surface area contributed by atoms with E-state index in [2.05, 4.69) is 0 Å². The SMILES string of the molecule is CC(=O)N1CCN(C(=O)C2CCN(C(=O)COc3ccc(C)cc3)CC2)CC1. The zero-order chi connectivity index (χ0) is 20.1. The monoisotopic (exact) mass is 387 g/mol. The molecule has 0 N–H and O–H groups in total. The Labute approximate surface area is 166 Å². The third-order valence-corrected chi connectivity index (χ3v) is 5.62. The number of carbonyl (C=O) groups excluding carboxylic acids is 3. The minimum absolute atomic E-state index is 0.0225. The van der Waals surface area contributed by atoms with Crippen LogP contribution in [0.4, 0.5) is 0 Å². The number of benzene rings is 1. The molecule has 3 rings (SSSR count). The maximum Gasteiger partial charge on any atom is 0.260 e. The molecular weight excluding hydrogens is 358 g/mol. The zero-order valence-electron chi connectivity index (χ0n) is 16.7. The number of hydrogen-bond donors (Lipinski definition) is 0. The molecule has 0 atom stereocenters. The average Bonchev–Trinajstić information content (AvgIpc) is 2.73. The third kappa shape index (κ3) is 5.03. The van der Waals surface area contributed by atoms with Crippen molar-refractivity contribution in [1.29, 1.82) is 0 Å². The lowest BCUT2D eigenvalue weighted by molar-refractivity contribution is -0.144. The van der Waals surface area contributed by atoms with Crippen LogP contribution in [0.3, 0.4) is 0 Å². The fraction of sp³-hybridized carbons (Fsp3) is 0.571. The molecule has 28 heavy (non-hydrogen) atoms. The van der Waals surface area contributed by atoms with Crippen molar-refractivity contribution in [2.75, 3.05) is 45.9 Å². The normalized spacial score (nSPS) is 18.1. The Morgan fingerprint density at radius 2 is 1.46 bits per heavy atom. The quantitative estimate of drug-likeness (QED) is 0.781. The molecule has 7 nitrogen and oxygen atoms in total. The van der Waals surface area contributed by atoms with E-state index < -0.39 is 0 Å². The summed E-state index contributed by atoms with van der Waals surface area (Å²) in [5.41, 5.74) is 1.15. The van der Waals surface area contributed by atoms with Gasteiger partial charge in [-0.25, -0.2) is 0 Å². The predicted octanol–water partition coefficient (Wildman–Crippen LogP) is 1.30. The largest absolute Gasteiger partial charge is 0.484 e. The van der Waals surface area contributed by atoms with Crippen LogP contribution in [-0.2, 0) is 14.4 Å². The van der Waals surface area contributed by atoms with Gasteiger partial charge in [-0.1, -0.05) is 17.7 Å². The highest BCUT2D eigenvalue weighted by Crippen LogP contribution is 2.21. The first-order chi connectivity index (χ1) is 13.4. The van der Waals surface area contributed by atoms with Crippen LogP contribution in [0.15, 0.2) is 24.3 Å². The van der Waals surface area contributed by atoms with Crippen LogP contribution < -0.4 is 4.74 Å². The van der Waals surface area contributed by atoms with E-state index in [1.807, 2.05) is 36.1 Å². The Kier molecular flexibility index (Phi) is 6.54. The van der Waals surface area contributed by atoms with Crippen molar-refractivity contribution in [2.24, 2.45) is 5.92 Å². The predicted molar refractivity (Wildman–Crippen MR) is 105 cm³/mol. The molecule has 0 bridgehead atoms. The molecular formula is C21H29N3O4. The summed E-state index contributed by atoms with van der Waals surface area (Å²) >= 11 is 0. The Hall–Kier alpha value is -2.57. The lowest BCUT2D eigenvalue weighted by Gasteiger charge is -2.38. The van der Waals surface area contributed by atoms with E-state index in [0.717, 1.165) is 5.56 Å². The zero-order valence-corrected chi connectivity index (χ0v) is 16.7. The highest BCUT2D eigenvalue weighted by molar-refractivity contribution is 5.81. The number of likely N-dealkylation sites (tertiary alicyclic amines) is 1. The van der Waals surface area contributed by atoms with Gasteiger partial charge in [0.15, 0.2) is 6.61 Å². The molecule has 2 saturated heterocycles. The lowest BCUT2D eigenvalue weighted by atomic mass is 9.95. The summed E-state index contributed by atoms with van der Waals surface area (Å²) in [4.78, 5) is 42.0. The third-order valence-electron chi connectivity index (χ3n) is 5.62. The lowest BCUT2D eigenvalue weighted by Crippen LogP contribution is -2.53. The fourth-order valence-electron chi connectivity index (χ4n) is 3.75. The standard InChI is InChI=1S/C21H29N3O4/c1-16-3-5-19(6-4-16)28-15-20(26)23-9-7-18(8-10-23)21(27)24-13-11-22(12-14-24)17(2)25/h3-6,18H,7-15H2,1-2H3. The van der Waals surface area contributed by atoms with Gasteiger partial charge in [0.05, 0.1) is 0 Å². The Morgan fingerprint density at radius 3 is 2.04 bits per heavy atom. The second-order valence-corrected chi connectivity index (χ2v) is 7.59. The van der Waals surface area contributed by atoms with Crippen molar-refractivity contribution in [2.45, 2.75) is 26.7 Å². The minimum Gasteiger partial charge on any atom is -0.484 e. The first kappa shape index (κ1) is 20.2.